The molecule has 0 saturated carbocycles. The lowest BCUT2D eigenvalue weighted by Crippen LogP contribution is -2.37. The van der Waals surface area contributed by atoms with Crippen molar-refractivity contribution in [1.82, 2.24) is 9.88 Å². The van der Waals surface area contributed by atoms with E-state index in [-0.39, 0.29) is 0 Å². The van der Waals surface area contributed by atoms with Gasteiger partial charge in [-0.2, -0.15) is 0 Å². The van der Waals surface area contributed by atoms with E-state index in [4.69, 9.17) is 15.5 Å². The molecule has 2 N–H and O–H groups in total. The number of nitrogens with two attached hydrogens (primary N) is 1. The molecule has 0 aliphatic carbocycles. The fourth-order valence-electron chi connectivity index (χ4n) is 3.36. The van der Waals surface area contributed by atoms with E-state index in [1.165, 1.54) is 10.9 Å². The van der Waals surface area contributed by atoms with Crippen LogP contribution >= 0.6 is 0 Å². The van der Waals surface area contributed by atoms with Crippen LogP contribution in [0.2, 0.25) is 0 Å². The first kappa shape index (κ1) is 16.1. The summed E-state index contributed by atoms with van der Waals surface area (Å²) < 4.78 is 5.45. The highest BCUT2D eigenvalue weighted by molar-refractivity contribution is 5.85. The van der Waals surface area contributed by atoms with Crippen molar-refractivity contribution >= 4 is 16.6 Å². The number of hydrogen-bond donors (Lipinski definition) is 1. The molecule has 1 aliphatic rings. The highest BCUT2D eigenvalue weighted by Crippen LogP contribution is 2.26. The average molecular weight is 333 g/mol. The molecule has 0 bridgehead atoms. The molecule has 0 radical (unpaired) electrons. The van der Waals surface area contributed by atoms with Crippen LogP contribution in [-0.2, 0) is 11.2 Å². The molecule has 25 heavy (non-hydrogen) atoms. The zero-order valence-corrected chi connectivity index (χ0v) is 14.3. The minimum absolute atomic E-state index is 0.775. The maximum absolute atomic E-state index is 5.82. The van der Waals surface area contributed by atoms with Crippen molar-refractivity contribution in [2.45, 2.75) is 6.42 Å². The smallest absolute Gasteiger partial charge is 0.0712 e. The van der Waals surface area contributed by atoms with E-state index < -0.39 is 0 Å². The number of benzene rings is 2. The van der Waals surface area contributed by atoms with Crippen molar-refractivity contribution in [3.8, 4) is 11.3 Å². The summed E-state index contributed by atoms with van der Waals surface area (Å²) in [4.78, 5) is 7.33. The van der Waals surface area contributed by atoms with Crippen molar-refractivity contribution in [2.24, 2.45) is 0 Å². The van der Waals surface area contributed by atoms with Crippen LogP contribution in [0.5, 0.6) is 0 Å². The van der Waals surface area contributed by atoms with Gasteiger partial charge in [0.1, 0.15) is 0 Å². The van der Waals surface area contributed by atoms with E-state index in [9.17, 15) is 0 Å². The third kappa shape index (κ3) is 3.65. The number of fused-ring (bicyclic) bond motifs is 1. The molecule has 2 aromatic carbocycles. The van der Waals surface area contributed by atoms with Gasteiger partial charge in [0.15, 0.2) is 0 Å². The number of nitrogens with zero attached hydrogens (tertiary/aromatic N) is 2. The summed E-state index contributed by atoms with van der Waals surface area (Å²) in [7, 11) is 0. The Hall–Kier alpha value is -2.43. The van der Waals surface area contributed by atoms with E-state index >= 15 is 0 Å². The SMILES string of the molecule is Nc1ccc(-c2cc(CCN3CCOCC3)c3ccccc3n2)cc1. The second kappa shape index (κ2) is 7.21. The van der Waals surface area contributed by atoms with Crippen LogP contribution in [-0.4, -0.2) is 42.7 Å². The second-order valence-corrected chi connectivity index (χ2v) is 6.51. The highest BCUT2D eigenvalue weighted by Gasteiger charge is 2.12. The lowest BCUT2D eigenvalue weighted by molar-refractivity contribution is 0.0385. The first-order chi connectivity index (χ1) is 12.3. The fourth-order valence-corrected chi connectivity index (χ4v) is 3.36. The number of hydrogen-bond acceptors (Lipinski definition) is 4. The molecule has 128 valence electrons. The Morgan fingerprint density at radius 1 is 1.00 bits per heavy atom. The van der Waals surface area contributed by atoms with E-state index in [2.05, 4.69) is 29.2 Å². The Morgan fingerprint density at radius 3 is 2.56 bits per heavy atom. The number of anilines is 1. The quantitative estimate of drug-likeness (QED) is 0.744. The fraction of sp³-hybridized carbons (Fsp3) is 0.286. The Kier molecular flexibility index (Phi) is 4.63. The maximum atomic E-state index is 5.82. The lowest BCUT2D eigenvalue weighted by atomic mass is 10.0. The number of nitrogen functional groups attached to an aromatic ring is 1. The number of para-hydroxylation sites is 1. The van der Waals surface area contributed by atoms with Crippen molar-refractivity contribution in [1.29, 1.82) is 0 Å². The van der Waals surface area contributed by atoms with Crippen molar-refractivity contribution < 1.29 is 4.74 Å². The summed E-state index contributed by atoms with van der Waals surface area (Å²) in [5.74, 6) is 0. The molecular weight excluding hydrogens is 310 g/mol. The van der Waals surface area contributed by atoms with E-state index in [0.717, 1.165) is 61.7 Å². The molecule has 4 nitrogen and oxygen atoms in total. The zero-order valence-electron chi connectivity index (χ0n) is 14.3. The Morgan fingerprint density at radius 2 is 1.76 bits per heavy atom. The van der Waals surface area contributed by atoms with Gasteiger partial charge in [-0.05, 0) is 36.2 Å². The largest absolute Gasteiger partial charge is 0.399 e. The molecule has 4 rings (SSSR count). The molecule has 0 amide bonds. The standard InChI is InChI=1S/C21H23N3O/c22-18-7-5-16(6-8-18)21-15-17(9-10-24-11-13-25-14-12-24)19-3-1-2-4-20(19)23-21/h1-8,15H,9-14,22H2. The first-order valence-corrected chi connectivity index (χ1v) is 8.84. The van der Waals surface area contributed by atoms with Crippen molar-refractivity contribution in [3.05, 3.63) is 60.2 Å². The Balaban J connectivity index is 1.67. The topological polar surface area (TPSA) is 51.4 Å². The number of pyridine rings is 1. The molecule has 1 aromatic heterocycles. The molecular formula is C21H23N3O. The number of aromatic nitrogens is 1. The van der Waals surface area contributed by atoms with Gasteiger partial charge in [0, 0.05) is 36.3 Å². The molecule has 1 saturated heterocycles. The Bertz CT molecular complexity index is 855. The van der Waals surface area contributed by atoms with Gasteiger partial charge < -0.3 is 10.5 Å². The van der Waals surface area contributed by atoms with Crippen molar-refractivity contribution in [3.63, 3.8) is 0 Å². The van der Waals surface area contributed by atoms with Gasteiger partial charge in [-0.3, -0.25) is 4.90 Å². The second-order valence-electron chi connectivity index (χ2n) is 6.51. The van der Waals surface area contributed by atoms with E-state index in [0.29, 0.717) is 0 Å². The van der Waals surface area contributed by atoms with Crippen LogP contribution in [0.1, 0.15) is 5.56 Å². The first-order valence-electron chi connectivity index (χ1n) is 8.84. The van der Waals surface area contributed by atoms with E-state index in [1.54, 1.807) is 0 Å². The highest BCUT2D eigenvalue weighted by atomic mass is 16.5. The van der Waals surface area contributed by atoms with E-state index in [1.807, 2.05) is 30.3 Å². The van der Waals surface area contributed by atoms with Gasteiger partial charge >= 0.3 is 0 Å². The summed E-state index contributed by atoms with van der Waals surface area (Å²) in [6.07, 6.45) is 1.02. The summed E-state index contributed by atoms with van der Waals surface area (Å²) in [5, 5.41) is 1.25. The van der Waals surface area contributed by atoms with Gasteiger partial charge in [-0.25, -0.2) is 4.98 Å². The molecule has 0 atom stereocenters. The van der Waals surface area contributed by atoms with Crippen LogP contribution in [0.15, 0.2) is 54.6 Å². The van der Waals surface area contributed by atoms with Crippen LogP contribution in [0.4, 0.5) is 5.69 Å². The van der Waals surface area contributed by atoms with Gasteiger partial charge in [-0.15, -0.1) is 0 Å². The predicted octanol–water partition coefficient (Wildman–Crippen LogP) is 3.36. The minimum atomic E-state index is 0.775. The number of ether oxygens (including phenoxy) is 1. The average Bonchev–Trinajstić information content (AvgIpc) is 2.67. The third-order valence-electron chi connectivity index (χ3n) is 4.81. The number of rotatable bonds is 4. The summed E-state index contributed by atoms with van der Waals surface area (Å²) in [6.45, 7) is 4.78. The van der Waals surface area contributed by atoms with Crippen LogP contribution in [0, 0.1) is 0 Å². The van der Waals surface area contributed by atoms with Gasteiger partial charge in [-0.1, -0.05) is 30.3 Å². The molecule has 4 heteroatoms. The molecule has 2 heterocycles. The Labute approximate surface area is 148 Å². The molecule has 3 aromatic rings. The van der Waals surface area contributed by atoms with Gasteiger partial charge in [0.2, 0.25) is 0 Å². The van der Waals surface area contributed by atoms with Gasteiger partial charge in [0.05, 0.1) is 24.4 Å². The predicted molar refractivity (Wildman–Crippen MR) is 103 cm³/mol. The third-order valence-corrected chi connectivity index (χ3v) is 4.81. The summed E-state index contributed by atoms with van der Waals surface area (Å²) >= 11 is 0. The minimum Gasteiger partial charge on any atom is -0.399 e. The zero-order chi connectivity index (χ0) is 17.1. The monoisotopic (exact) mass is 333 g/mol. The van der Waals surface area contributed by atoms with Crippen molar-refractivity contribution in [2.75, 3.05) is 38.6 Å². The molecule has 1 fully saturated rings. The van der Waals surface area contributed by atoms with Crippen LogP contribution in [0.3, 0.4) is 0 Å². The van der Waals surface area contributed by atoms with Crippen LogP contribution < -0.4 is 5.73 Å². The lowest BCUT2D eigenvalue weighted by Gasteiger charge is -2.26. The van der Waals surface area contributed by atoms with Crippen LogP contribution in [0.25, 0.3) is 22.2 Å². The molecule has 1 aliphatic heterocycles. The summed E-state index contributed by atoms with van der Waals surface area (Å²) in [5.41, 5.74) is 11.1. The molecule has 0 spiro atoms. The van der Waals surface area contributed by atoms with Gasteiger partial charge in [0.25, 0.3) is 0 Å². The normalized spacial score (nSPS) is 15.5. The molecule has 0 unspecified atom stereocenters. The maximum Gasteiger partial charge on any atom is 0.0712 e. The summed E-state index contributed by atoms with van der Waals surface area (Å²) in [6, 6.07) is 18.6. The number of morpholine rings is 1.